The molecule has 1 atom stereocenters. The predicted molar refractivity (Wildman–Crippen MR) is 65.6 cm³/mol. The molecule has 0 aromatic heterocycles. The Morgan fingerprint density at radius 3 is 2.62 bits per heavy atom. The van der Waals surface area contributed by atoms with Crippen LogP contribution in [0, 0.1) is 5.41 Å². The van der Waals surface area contributed by atoms with Gasteiger partial charge in [0.15, 0.2) is 0 Å². The van der Waals surface area contributed by atoms with Crippen molar-refractivity contribution in [2.24, 2.45) is 11.1 Å². The van der Waals surface area contributed by atoms with Gasteiger partial charge in [-0.2, -0.15) is 0 Å². The summed E-state index contributed by atoms with van der Waals surface area (Å²) in [6.45, 7) is 2.82. The van der Waals surface area contributed by atoms with Crippen LogP contribution in [0.25, 0.3) is 0 Å². The molecule has 0 amide bonds. The Balaban J connectivity index is 2.85. The van der Waals surface area contributed by atoms with Crippen molar-refractivity contribution in [2.75, 3.05) is 20.3 Å². The van der Waals surface area contributed by atoms with Crippen LogP contribution in [0.15, 0.2) is 24.3 Å². The van der Waals surface area contributed by atoms with Gasteiger partial charge < -0.3 is 15.6 Å². The van der Waals surface area contributed by atoms with Gasteiger partial charge in [-0.05, 0) is 36.4 Å². The van der Waals surface area contributed by atoms with Crippen LogP contribution in [-0.2, 0) is 6.42 Å². The summed E-state index contributed by atoms with van der Waals surface area (Å²) in [4.78, 5) is 0. The molecular formula is C13H21NO2. The first-order valence-corrected chi connectivity index (χ1v) is 5.58. The van der Waals surface area contributed by atoms with Gasteiger partial charge in [0.05, 0.1) is 7.11 Å². The van der Waals surface area contributed by atoms with E-state index in [9.17, 15) is 0 Å². The fourth-order valence-corrected chi connectivity index (χ4v) is 1.84. The van der Waals surface area contributed by atoms with Crippen LogP contribution in [0.5, 0.6) is 5.75 Å². The molecule has 0 aliphatic heterocycles. The number of aliphatic hydroxyl groups excluding tert-OH is 1. The lowest BCUT2D eigenvalue weighted by Gasteiger charge is -2.27. The quantitative estimate of drug-likeness (QED) is 0.770. The number of hydrogen-bond acceptors (Lipinski definition) is 3. The lowest BCUT2D eigenvalue weighted by atomic mass is 9.81. The van der Waals surface area contributed by atoms with Crippen LogP contribution in [0.1, 0.15) is 18.9 Å². The summed E-state index contributed by atoms with van der Waals surface area (Å²) in [7, 11) is 1.67. The Morgan fingerprint density at radius 1 is 1.38 bits per heavy atom. The van der Waals surface area contributed by atoms with E-state index in [0.29, 0.717) is 13.0 Å². The van der Waals surface area contributed by atoms with Crippen molar-refractivity contribution in [3.05, 3.63) is 29.8 Å². The van der Waals surface area contributed by atoms with E-state index in [4.69, 9.17) is 15.6 Å². The molecule has 3 nitrogen and oxygen atoms in total. The van der Waals surface area contributed by atoms with Crippen molar-refractivity contribution in [3.63, 3.8) is 0 Å². The Morgan fingerprint density at radius 2 is 2.06 bits per heavy atom. The first-order valence-electron chi connectivity index (χ1n) is 5.58. The zero-order valence-corrected chi connectivity index (χ0v) is 10.1. The van der Waals surface area contributed by atoms with Crippen molar-refractivity contribution < 1.29 is 9.84 Å². The highest BCUT2D eigenvalue weighted by Gasteiger charge is 2.23. The van der Waals surface area contributed by atoms with E-state index >= 15 is 0 Å². The minimum absolute atomic E-state index is 0.0661. The molecule has 0 heterocycles. The number of methoxy groups -OCH3 is 1. The van der Waals surface area contributed by atoms with Gasteiger partial charge in [-0.3, -0.25) is 0 Å². The summed E-state index contributed by atoms with van der Waals surface area (Å²) in [5.74, 6) is 0.889. The molecule has 0 aliphatic carbocycles. The molecule has 90 valence electrons. The average Bonchev–Trinajstić information content (AvgIpc) is 2.30. The molecule has 1 unspecified atom stereocenters. The van der Waals surface area contributed by atoms with E-state index in [-0.39, 0.29) is 12.0 Å². The summed E-state index contributed by atoms with van der Waals surface area (Å²) in [5.41, 5.74) is 6.86. The van der Waals surface area contributed by atoms with Gasteiger partial charge in [0.2, 0.25) is 0 Å². The highest BCUT2D eigenvalue weighted by Crippen LogP contribution is 2.29. The van der Waals surface area contributed by atoms with E-state index in [2.05, 4.69) is 6.92 Å². The first kappa shape index (κ1) is 13.0. The summed E-state index contributed by atoms with van der Waals surface area (Å²) >= 11 is 0. The molecule has 1 rings (SSSR count). The van der Waals surface area contributed by atoms with Crippen LogP contribution in [0.3, 0.4) is 0 Å². The second-order valence-corrected chi connectivity index (χ2v) is 4.48. The fourth-order valence-electron chi connectivity index (χ4n) is 1.84. The maximum atomic E-state index is 9.05. The second-order valence-electron chi connectivity index (χ2n) is 4.48. The Bertz CT molecular complexity index is 327. The molecule has 0 radical (unpaired) electrons. The third-order valence-electron chi connectivity index (χ3n) is 3.02. The topological polar surface area (TPSA) is 55.5 Å². The standard InChI is InChI=1S/C13H21NO2/c1-13(10-14,7-8-15)9-11-5-3-4-6-12(11)16-2/h3-6,15H,7-10,14H2,1-2H3. The predicted octanol–water partition coefficient (Wildman–Crippen LogP) is 1.59. The van der Waals surface area contributed by atoms with Crippen molar-refractivity contribution in [1.29, 1.82) is 0 Å². The fraction of sp³-hybridized carbons (Fsp3) is 0.538. The third kappa shape index (κ3) is 3.22. The van der Waals surface area contributed by atoms with Gasteiger partial charge in [0.25, 0.3) is 0 Å². The summed E-state index contributed by atoms with van der Waals surface area (Å²) in [6, 6.07) is 7.94. The van der Waals surface area contributed by atoms with Crippen LogP contribution < -0.4 is 10.5 Å². The highest BCUT2D eigenvalue weighted by atomic mass is 16.5. The van der Waals surface area contributed by atoms with E-state index in [1.807, 2.05) is 24.3 Å². The number of ether oxygens (including phenoxy) is 1. The second kappa shape index (κ2) is 5.87. The molecule has 0 aliphatic rings. The van der Waals surface area contributed by atoms with Crippen molar-refractivity contribution in [3.8, 4) is 5.75 Å². The molecule has 0 saturated heterocycles. The monoisotopic (exact) mass is 223 g/mol. The Hall–Kier alpha value is -1.06. The zero-order valence-electron chi connectivity index (χ0n) is 10.1. The molecule has 0 spiro atoms. The highest BCUT2D eigenvalue weighted by molar-refractivity contribution is 5.34. The Labute approximate surface area is 97.2 Å². The smallest absolute Gasteiger partial charge is 0.122 e. The van der Waals surface area contributed by atoms with Gasteiger partial charge in [0, 0.05) is 6.61 Å². The summed E-state index contributed by atoms with van der Waals surface area (Å²) in [5, 5.41) is 9.05. The van der Waals surface area contributed by atoms with Gasteiger partial charge in [-0.25, -0.2) is 0 Å². The number of para-hydroxylation sites is 1. The number of aliphatic hydroxyl groups is 1. The van der Waals surface area contributed by atoms with Gasteiger partial charge in [-0.15, -0.1) is 0 Å². The largest absolute Gasteiger partial charge is 0.496 e. The maximum absolute atomic E-state index is 9.05. The van der Waals surface area contributed by atoms with Crippen LogP contribution in [-0.4, -0.2) is 25.4 Å². The molecule has 1 aromatic carbocycles. The van der Waals surface area contributed by atoms with Crippen LogP contribution >= 0.6 is 0 Å². The maximum Gasteiger partial charge on any atom is 0.122 e. The Kier molecular flexibility index (Phi) is 4.77. The van der Waals surface area contributed by atoms with Crippen LogP contribution in [0.4, 0.5) is 0 Å². The van der Waals surface area contributed by atoms with Crippen molar-refractivity contribution >= 4 is 0 Å². The lowest BCUT2D eigenvalue weighted by Crippen LogP contribution is -2.30. The van der Waals surface area contributed by atoms with Gasteiger partial charge in [-0.1, -0.05) is 25.1 Å². The average molecular weight is 223 g/mol. The van der Waals surface area contributed by atoms with Crippen molar-refractivity contribution in [1.82, 2.24) is 0 Å². The van der Waals surface area contributed by atoms with E-state index in [1.165, 1.54) is 0 Å². The molecule has 3 heteroatoms. The molecule has 3 N–H and O–H groups in total. The number of hydrogen-bond donors (Lipinski definition) is 2. The van der Waals surface area contributed by atoms with E-state index < -0.39 is 0 Å². The van der Waals surface area contributed by atoms with E-state index in [1.54, 1.807) is 7.11 Å². The first-order chi connectivity index (χ1) is 7.65. The molecular weight excluding hydrogens is 202 g/mol. The normalized spacial score (nSPS) is 14.5. The third-order valence-corrected chi connectivity index (χ3v) is 3.02. The minimum atomic E-state index is -0.0661. The number of rotatable bonds is 6. The van der Waals surface area contributed by atoms with Gasteiger partial charge in [0.1, 0.15) is 5.75 Å². The SMILES string of the molecule is COc1ccccc1CC(C)(CN)CCO. The lowest BCUT2D eigenvalue weighted by molar-refractivity contribution is 0.200. The minimum Gasteiger partial charge on any atom is -0.496 e. The molecule has 0 bridgehead atoms. The van der Waals surface area contributed by atoms with Crippen LogP contribution in [0.2, 0.25) is 0 Å². The molecule has 16 heavy (non-hydrogen) atoms. The number of benzene rings is 1. The molecule has 1 aromatic rings. The molecule has 0 fully saturated rings. The van der Waals surface area contributed by atoms with E-state index in [0.717, 1.165) is 17.7 Å². The summed E-state index contributed by atoms with van der Waals surface area (Å²) < 4.78 is 5.31. The molecule has 0 saturated carbocycles. The van der Waals surface area contributed by atoms with Gasteiger partial charge >= 0.3 is 0 Å². The van der Waals surface area contributed by atoms with Crippen molar-refractivity contribution in [2.45, 2.75) is 19.8 Å². The summed E-state index contributed by atoms with van der Waals surface area (Å²) in [6.07, 6.45) is 1.54. The zero-order chi connectivity index (χ0) is 12.0. The number of nitrogens with two attached hydrogens (primary N) is 1.